The lowest BCUT2D eigenvalue weighted by molar-refractivity contribution is 0.102. The predicted octanol–water partition coefficient (Wildman–Crippen LogP) is 6.78. The minimum Gasteiger partial charge on any atom is -0.488 e. The van der Waals surface area contributed by atoms with E-state index in [1.54, 1.807) is 0 Å². The number of para-hydroxylation sites is 1. The molecule has 3 aromatic rings. The minimum atomic E-state index is -0.192. The van der Waals surface area contributed by atoms with Gasteiger partial charge in [0, 0.05) is 17.4 Å². The molecule has 2 aromatic carbocycles. The number of ether oxygens (including phenoxy) is 1. The van der Waals surface area contributed by atoms with Gasteiger partial charge >= 0.3 is 0 Å². The monoisotopic (exact) mass is 416 g/mol. The molecule has 0 aliphatic heterocycles. The topological polar surface area (TPSA) is 51.2 Å². The second kappa shape index (κ2) is 9.78. The summed E-state index contributed by atoms with van der Waals surface area (Å²) >= 11 is 0. The van der Waals surface area contributed by atoms with Crippen LogP contribution in [-0.4, -0.2) is 10.9 Å². The molecule has 31 heavy (non-hydrogen) atoms. The number of amides is 1. The van der Waals surface area contributed by atoms with E-state index in [9.17, 15) is 4.79 Å². The summed E-state index contributed by atoms with van der Waals surface area (Å²) in [6.45, 7) is 12.7. The van der Waals surface area contributed by atoms with Crippen LogP contribution in [0, 0.1) is 13.8 Å². The van der Waals surface area contributed by atoms with E-state index in [2.05, 4.69) is 56.2 Å². The molecule has 0 saturated carbocycles. The van der Waals surface area contributed by atoms with E-state index in [1.165, 1.54) is 0 Å². The van der Waals surface area contributed by atoms with Crippen LogP contribution in [0.15, 0.2) is 54.6 Å². The normalized spacial score (nSPS) is 11.1. The van der Waals surface area contributed by atoms with E-state index in [1.807, 2.05) is 50.2 Å². The van der Waals surface area contributed by atoms with Gasteiger partial charge in [0.1, 0.15) is 17.9 Å². The SMILES string of the molecule is Cc1cc(OCc2ccccc2)c(C(=O)Nc2c(C(C)C)cccc2C(C)C)c(C)n1. The molecule has 0 unspecified atom stereocenters. The first kappa shape index (κ1) is 22.5. The molecule has 1 heterocycles. The predicted molar refractivity (Wildman–Crippen MR) is 127 cm³/mol. The lowest BCUT2D eigenvalue weighted by Crippen LogP contribution is -2.19. The fourth-order valence-corrected chi connectivity index (χ4v) is 3.79. The summed E-state index contributed by atoms with van der Waals surface area (Å²) in [5.74, 6) is 0.947. The van der Waals surface area contributed by atoms with E-state index >= 15 is 0 Å². The lowest BCUT2D eigenvalue weighted by atomic mass is 9.92. The zero-order chi connectivity index (χ0) is 22.5. The maximum Gasteiger partial charge on any atom is 0.261 e. The van der Waals surface area contributed by atoms with Crippen molar-refractivity contribution in [3.63, 3.8) is 0 Å². The fraction of sp³-hybridized carbons (Fsp3) is 0.333. The molecule has 4 nitrogen and oxygen atoms in total. The standard InChI is InChI=1S/C27H32N2O2/c1-17(2)22-13-10-14-23(18(3)4)26(22)29-27(30)25-20(6)28-19(5)15-24(25)31-16-21-11-8-7-9-12-21/h7-15,17-18H,16H2,1-6H3,(H,29,30). The van der Waals surface area contributed by atoms with Crippen molar-refractivity contribution in [1.82, 2.24) is 4.98 Å². The van der Waals surface area contributed by atoms with Gasteiger partial charge in [0.25, 0.3) is 5.91 Å². The van der Waals surface area contributed by atoms with E-state index in [0.29, 0.717) is 35.4 Å². The summed E-state index contributed by atoms with van der Waals surface area (Å²) in [7, 11) is 0. The molecule has 4 heteroatoms. The van der Waals surface area contributed by atoms with Crippen LogP contribution < -0.4 is 10.1 Å². The Labute approximate surface area is 185 Å². The number of aryl methyl sites for hydroxylation is 2. The van der Waals surface area contributed by atoms with Gasteiger partial charge < -0.3 is 10.1 Å². The molecule has 0 fully saturated rings. The maximum absolute atomic E-state index is 13.5. The largest absolute Gasteiger partial charge is 0.488 e. The molecule has 0 bridgehead atoms. The van der Waals surface area contributed by atoms with Crippen LogP contribution in [-0.2, 0) is 6.61 Å². The van der Waals surface area contributed by atoms with Crippen molar-refractivity contribution in [2.75, 3.05) is 5.32 Å². The van der Waals surface area contributed by atoms with Gasteiger partial charge in [-0.25, -0.2) is 0 Å². The van der Waals surface area contributed by atoms with Crippen LogP contribution in [0.3, 0.4) is 0 Å². The summed E-state index contributed by atoms with van der Waals surface area (Å²) in [5, 5.41) is 3.20. The molecule has 0 atom stereocenters. The van der Waals surface area contributed by atoms with Crippen molar-refractivity contribution < 1.29 is 9.53 Å². The molecule has 1 N–H and O–H groups in total. The van der Waals surface area contributed by atoms with Gasteiger partial charge in [-0.1, -0.05) is 76.2 Å². The van der Waals surface area contributed by atoms with Crippen LogP contribution in [0.25, 0.3) is 0 Å². The van der Waals surface area contributed by atoms with Gasteiger partial charge in [0.2, 0.25) is 0 Å². The van der Waals surface area contributed by atoms with E-state index in [0.717, 1.165) is 28.1 Å². The molecule has 0 aliphatic carbocycles. The summed E-state index contributed by atoms with van der Waals surface area (Å²) < 4.78 is 6.10. The first-order chi connectivity index (χ1) is 14.8. The highest BCUT2D eigenvalue weighted by Crippen LogP contribution is 2.34. The number of rotatable bonds is 7. The van der Waals surface area contributed by atoms with Gasteiger partial charge in [0.15, 0.2) is 0 Å². The fourth-order valence-electron chi connectivity index (χ4n) is 3.79. The van der Waals surface area contributed by atoms with Gasteiger partial charge in [-0.2, -0.15) is 0 Å². The number of benzene rings is 2. The van der Waals surface area contributed by atoms with Crippen molar-refractivity contribution >= 4 is 11.6 Å². The molecule has 0 aliphatic rings. The zero-order valence-electron chi connectivity index (χ0n) is 19.3. The van der Waals surface area contributed by atoms with Crippen LogP contribution in [0.5, 0.6) is 5.75 Å². The molecular formula is C27H32N2O2. The summed E-state index contributed by atoms with van der Waals surface area (Å²) in [6.07, 6.45) is 0. The Morgan fingerprint density at radius 3 is 2.13 bits per heavy atom. The second-order valence-electron chi connectivity index (χ2n) is 8.57. The first-order valence-corrected chi connectivity index (χ1v) is 10.9. The number of nitrogens with one attached hydrogen (secondary N) is 1. The third-order valence-electron chi connectivity index (χ3n) is 5.37. The van der Waals surface area contributed by atoms with Gasteiger partial charge in [-0.3, -0.25) is 9.78 Å². The third-order valence-corrected chi connectivity index (χ3v) is 5.37. The second-order valence-corrected chi connectivity index (χ2v) is 8.57. The Hall–Kier alpha value is -3.14. The van der Waals surface area contributed by atoms with E-state index in [4.69, 9.17) is 4.74 Å². The average molecular weight is 417 g/mol. The molecule has 0 radical (unpaired) electrons. The van der Waals surface area contributed by atoms with Gasteiger partial charge in [-0.15, -0.1) is 0 Å². The molecular weight excluding hydrogens is 384 g/mol. The number of pyridine rings is 1. The number of carbonyl (C=O) groups is 1. The highest BCUT2D eigenvalue weighted by molar-refractivity contribution is 6.07. The smallest absolute Gasteiger partial charge is 0.261 e. The lowest BCUT2D eigenvalue weighted by Gasteiger charge is -2.21. The van der Waals surface area contributed by atoms with Gasteiger partial charge in [0.05, 0.1) is 5.69 Å². The number of hydrogen-bond donors (Lipinski definition) is 1. The van der Waals surface area contributed by atoms with Crippen molar-refractivity contribution in [1.29, 1.82) is 0 Å². The molecule has 162 valence electrons. The molecule has 0 saturated heterocycles. The molecule has 3 rings (SSSR count). The quantitative estimate of drug-likeness (QED) is 0.462. The van der Waals surface area contributed by atoms with Crippen molar-refractivity contribution in [2.45, 2.75) is 60.0 Å². The van der Waals surface area contributed by atoms with Crippen molar-refractivity contribution in [3.05, 3.63) is 88.2 Å². The van der Waals surface area contributed by atoms with Gasteiger partial charge in [-0.05, 0) is 42.4 Å². The minimum absolute atomic E-state index is 0.192. The van der Waals surface area contributed by atoms with Crippen LogP contribution in [0.4, 0.5) is 5.69 Å². The Kier molecular flexibility index (Phi) is 7.11. The Morgan fingerprint density at radius 2 is 1.55 bits per heavy atom. The number of anilines is 1. The molecule has 1 aromatic heterocycles. The Balaban J connectivity index is 1.97. The Bertz CT molecular complexity index is 1030. The van der Waals surface area contributed by atoms with Crippen LogP contribution >= 0.6 is 0 Å². The number of aromatic nitrogens is 1. The number of carbonyl (C=O) groups excluding carboxylic acids is 1. The summed E-state index contributed by atoms with van der Waals surface area (Å²) in [6, 6.07) is 18.0. The average Bonchev–Trinajstić information content (AvgIpc) is 2.72. The zero-order valence-corrected chi connectivity index (χ0v) is 19.3. The number of hydrogen-bond acceptors (Lipinski definition) is 3. The summed E-state index contributed by atoms with van der Waals surface area (Å²) in [5.41, 5.74) is 6.17. The third kappa shape index (κ3) is 5.32. The van der Waals surface area contributed by atoms with Crippen molar-refractivity contribution in [2.24, 2.45) is 0 Å². The highest BCUT2D eigenvalue weighted by atomic mass is 16.5. The number of nitrogens with zero attached hydrogens (tertiary/aromatic N) is 1. The molecule has 1 amide bonds. The van der Waals surface area contributed by atoms with E-state index in [-0.39, 0.29) is 5.91 Å². The van der Waals surface area contributed by atoms with Crippen molar-refractivity contribution in [3.8, 4) is 5.75 Å². The maximum atomic E-state index is 13.5. The van der Waals surface area contributed by atoms with E-state index < -0.39 is 0 Å². The first-order valence-electron chi connectivity index (χ1n) is 10.9. The molecule has 0 spiro atoms. The Morgan fingerprint density at radius 1 is 0.935 bits per heavy atom. The van der Waals surface area contributed by atoms with Crippen LogP contribution in [0.1, 0.15) is 78.0 Å². The summed E-state index contributed by atoms with van der Waals surface area (Å²) in [4.78, 5) is 18.0. The van der Waals surface area contributed by atoms with Crippen LogP contribution in [0.2, 0.25) is 0 Å². The highest BCUT2D eigenvalue weighted by Gasteiger charge is 2.22.